The molecule has 0 saturated carbocycles. The third kappa shape index (κ3) is 2.89. The number of halogens is 1. The Morgan fingerprint density at radius 2 is 2.32 bits per heavy atom. The van der Waals surface area contributed by atoms with Crippen LogP contribution in [0.5, 0.6) is 0 Å². The molecule has 2 aliphatic rings. The van der Waals surface area contributed by atoms with E-state index in [1.165, 1.54) is 23.9 Å². The highest BCUT2D eigenvalue weighted by molar-refractivity contribution is 7.99. The number of carbonyl (C=O) groups is 1. The molecule has 1 amide bonds. The van der Waals surface area contributed by atoms with Crippen LogP contribution in [0.1, 0.15) is 12.8 Å². The monoisotopic (exact) mass is 402 g/mol. The Bertz CT molecular complexity index is 1150. The Morgan fingerprint density at radius 3 is 3.14 bits per heavy atom. The second-order valence-corrected chi connectivity index (χ2v) is 8.15. The van der Waals surface area contributed by atoms with Crippen molar-refractivity contribution in [2.45, 2.75) is 37.2 Å². The van der Waals surface area contributed by atoms with E-state index in [0.717, 1.165) is 25.2 Å². The molecule has 1 saturated heterocycles. The number of rotatable bonds is 4. The number of carbonyl (C=O) groups excluding carboxylic acids is 1. The number of benzene rings is 1. The molecule has 1 atom stereocenters. The van der Waals surface area contributed by atoms with Crippen LogP contribution >= 0.6 is 11.8 Å². The van der Waals surface area contributed by atoms with Gasteiger partial charge in [0.2, 0.25) is 5.91 Å². The molecule has 146 valence electrons. The molecule has 0 radical (unpaired) electrons. The van der Waals surface area contributed by atoms with Gasteiger partial charge in [0.15, 0.2) is 5.16 Å². The normalized spacial score (nSPS) is 18.8. The lowest BCUT2D eigenvalue weighted by molar-refractivity contribution is -0.122. The summed E-state index contributed by atoms with van der Waals surface area (Å²) in [6.07, 6.45) is 1.98. The minimum absolute atomic E-state index is 0.0260. The SMILES string of the molecule is O=C(Cn1c2ccc(F)cc2c2nc3n(c(=O)c21)CCS3)NC[C@H]1CCCO1. The molecule has 5 rings (SSSR count). The highest BCUT2D eigenvalue weighted by Crippen LogP contribution is 2.30. The molecule has 0 unspecified atom stereocenters. The largest absolute Gasteiger partial charge is 0.376 e. The maximum Gasteiger partial charge on any atom is 0.278 e. The fourth-order valence-corrected chi connectivity index (χ4v) is 4.88. The van der Waals surface area contributed by atoms with Gasteiger partial charge in [-0.15, -0.1) is 0 Å². The van der Waals surface area contributed by atoms with Crippen molar-refractivity contribution in [1.82, 2.24) is 19.4 Å². The topological polar surface area (TPSA) is 78.2 Å². The predicted octanol–water partition coefficient (Wildman–Crippen LogP) is 1.89. The van der Waals surface area contributed by atoms with Crippen molar-refractivity contribution in [2.24, 2.45) is 0 Å². The summed E-state index contributed by atoms with van der Waals surface area (Å²) in [4.78, 5) is 30.3. The average molecular weight is 402 g/mol. The molecule has 1 N–H and O–H groups in total. The van der Waals surface area contributed by atoms with Crippen molar-refractivity contribution in [3.63, 3.8) is 0 Å². The first-order valence-corrected chi connectivity index (χ1v) is 10.3. The van der Waals surface area contributed by atoms with Gasteiger partial charge in [0.05, 0.1) is 11.6 Å². The van der Waals surface area contributed by atoms with Crippen LogP contribution in [-0.4, -0.2) is 45.0 Å². The molecule has 28 heavy (non-hydrogen) atoms. The molecular weight excluding hydrogens is 383 g/mol. The zero-order valence-corrected chi connectivity index (χ0v) is 15.9. The molecule has 4 heterocycles. The fourth-order valence-electron chi connectivity index (χ4n) is 3.94. The highest BCUT2D eigenvalue weighted by Gasteiger charge is 2.24. The second-order valence-electron chi connectivity index (χ2n) is 7.08. The number of ether oxygens (including phenoxy) is 1. The molecule has 0 spiro atoms. The number of thioether (sulfide) groups is 1. The molecular formula is C19H19FN4O3S. The van der Waals surface area contributed by atoms with Gasteiger partial charge in [-0.3, -0.25) is 14.2 Å². The smallest absolute Gasteiger partial charge is 0.278 e. The molecule has 7 nitrogen and oxygen atoms in total. The third-order valence-electron chi connectivity index (χ3n) is 5.28. The van der Waals surface area contributed by atoms with E-state index in [1.54, 1.807) is 15.2 Å². The maximum absolute atomic E-state index is 13.9. The van der Waals surface area contributed by atoms with Crippen molar-refractivity contribution in [1.29, 1.82) is 0 Å². The van der Waals surface area contributed by atoms with Crippen LogP contribution in [0.3, 0.4) is 0 Å². The van der Waals surface area contributed by atoms with Crippen molar-refractivity contribution < 1.29 is 13.9 Å². The second kappa shape index (κ2) is 6.89. The van der Waals surface area contributed by atoms with Gasteiger partial charge in [-0.25, -0.2) is 9.37 Å². The molecule has 2 aromatic heterocycles. The van der Waals surface area contributed by atoms with Crippen LogP contribution in [0.4, 0.5) is 4.39 Å². The molecule has 9 heteroatoms. The van der Waals surface area contributed by atoms with Gasteiger partial charge < -0.3 is 14.6 Å². The summed E-state index contributed by atoms with van der Waals surface area (Å²) in [6.45, 7) is 1.74. The van der Waals surface area contributed by atoms with Crippen molar-refractivity contribution in [3.05, 3.63) is 34.4 Å². The summed E-state index contributed by atoms with van der Waals surface area (Å²) in [5.74, 6) is 0.172. The van der Waals surface area contributed by atoms with Crippen LogP contribution in [0.15, 0.2) is 28.2 Å². The number of nitrogens with one attached hydrogen (secondary N) is 1. The number of aromatic nitrogens is 3. The van der Waals surface area contributed by atoms with Crippen molar-refractivity contribution >= 4 is 39.6 Å². The van der Waals surface area contributed by atoms with E-state index >= 15 is 0 Å². The van der Waals surface area contributed by atoms with Crippen LogP contribution in [0.25, 0.3) is 21.9 Å². The Morgan fingerprint density at radius 1 is 1.43 bits per heavy atom. The number of fused-ring (bicyclic) bond motifs is 4. The minimum atomic E-state index is -0.399. The summed E-state index contributed by atoms with van der Waals surface area (Å²) in [5.41, 5.74) is 1.24. The lowest BCUT2D eigenvalue weighted by Crippen LogP contribution is -2.34. The van der Waals surface area contributed by atoms with Crippen LogP contribution in [-0.2, 0) is 22.6 Å². The predicted molar refractivity (Wildman–Crippen MR) is 104 cm³/mol. The summed E-state index contributed by atoms with van der Waals surface area (Å²) in [6, 6.07) is 4.31. The first kappa shape index (κ1) is 17.7. The van der Waals surface area contributed by atoms with Gasteiger partial charge in [-0.2, -0.15) is 0 Å². The van der Waals surface area contributed by atoms with E-state index in [9.17, 15) is 14.0 Å². The van der Waals surface area contributed by atoms with Gasteiger partial charge in [-0.1, -0.05) is 11.8 Å². The first-order chi connectivity index (χ1) is 13.6. The molecule has 0 aliphatic carbocycles. The fraction of sp³-hybridized carbons (Fsp3) is 0.421. The van der Waals surface area contributed by atoms with E-state index in [4.69, 9.17) is 4.74 Å². The molecule has 1 aromatic carbocycles. The Balaban J connectivity index is 1.58. The number of nitrogens with zero attached hydrogens (tertiary/aromatic N) is 3. The zero-order valence-electron chi connectivity index (χ0n) is 15.1. The van der Waals surface area contributed by atoms with Crippen LogP contribution in [0, 0.1) is 5.82 Å². The van der Waals surface area contributed by atoms with Crippen molar-refractivity contribution in [3.8, 4) is 0 Å². The number of amides is 1. The van der Waals surface area contributed by atoms with Gasteiger partial charge in [-0.05, 0) is 31.0 Å². The minimum Gasteiger partial charge on any atom is -0.376 e. The summed E-state index contributed by atoms with van der Waals surface area (Å²) in [7, 11) is 0. The Labute approximate surface area is 163 Å². The Kier molecular flexibility index (Phi) is 4.36. The van der Waals surface area contributed by atoms with Gasteiger partial charge in [0, 0.05) is 30.8 Å². The summed E-state index contributed by atoms with van der Waals surface area (Å²) < 4.78 is 22.7. The van der Waals surface area contributed by atoms with Crippen molar-refractivity contribution in [2.75, 3.05) is 18.9 Å². The van der Waals surface area contributed by atoms with Crippen LogP contribution in [0.2, 0.25) is 0 Å². The quantitative estimate of drug-likeness (QED) is 0.675. The van der Waals surface area contributed by atoms with Gasteiger partial charge in [0.25, 0.3) is 5.56 Å². The van der Waals surface area contributed by atoms with Gasteiger partial charge in [0.1, 0.15) is 23.4 Å². The van der Waals surface area contributed by atoms with Gasteiger partial charge >= 0.3 is 0 Å². The van der Waals surface area contributed by atoms with E-state index in [2.05, 4.69) is 10.3 Å². The van der Waals surface area contributed by atoms with Crippen LogP contribution < -0.4 is 10.9 Å². The lowest BCUT2D eigenvalue weighted by atomic mass is 10.2. The van der Waals surface area contributed by atoms with E-state index in [-0.39, 0.29) is 24.1 Å². The van der Waals surface area contributed by atoms with E-state index in [1.807, 2.05) is 0 Å². The Hall–Kier alpha value is -2.39. The number of hydrogen-bond acceptors (Lipinski definition) is 5. The summed E-state index contributed by atoms with van der Waals surface area (Å²) >= 11 is 1.51. The molecule has 1 fully saturated rings. The standard InChI is InChI=1S/C19H19FN4O3S/c20-11-3-4-14-13(8-11)16-17(18(26)23-5-7-28-19(23)22-16)24(14)10-15(25)21-9-12-2-1-6-27-12/h3-4,8,12H,1-2,5-7,9-10H2,(H,21,25)/t12-/m1/s1. The third-order valence-corrected chi connectivity index (χ3v) is 6.24. The zero-order chi connectivity index (χ0) is 19.3. The molecule has 0 bridgehead atoms. The lowest BCUT2D eigenvalue weighted by Gasteiger charge is -2.12. The van der Waals surface area contributed by atoms with E-state index in [0.29, 0.717) is 40.2 Å². The molecule has 2 aliphatic heterocycles. The average Bonchev–Trinajstić information content (AvgIpc) is 3.41. The number of hydrogen-bond donors (Lipinski definition) is 1. The summed E-state index contributed by atoms with van der Waals surface area (Å²) in [5, 5.41) is 4.08. The molecule has 3 aromatic rings. The first-order valence-electron chi connectivity index (χ1n) is 9.35. The highest BCUT2D eigenvalue weighted by atomic mass is 32.2. The van der Waals surface area contributed by atoms with E-state index < -0.39 is 5.82 Å². The maximum atomic E-state index is 13.9.